The monoisotopic (exact) mass is 715 g/mol. The Hall–Kier alpha value is -3.66. The number of thiophene rings is 2. The lowest BCUT2D eigenvalue weighted by atomic mass is 10.1. The highest BCUT2D eigenvalue weighted by Gasteiger charge is 2.18. The zero-order chi connectivity index (χ0) is 36.1. The second kappa shape index (κ2) is 19.5. The van der Waals surface area contributed by atoms with Crippen molar-refractivity contribution in [1.82, 2.24) is 25.3 Å². The summed E-state index contributed by atoms with van der Waals surface area (Å²) < 4.78 is 11.2. The molecule has 0 aliphatic carbocycles. The first-order valence-electron chi connectivity index (χ1n) is 16.4. The molecule has 0 bridgehead atoms. The van der Waals surface area contributed by atoms with Crippen LogP contribution in [0, 0.1) is 20.8 Å². The van der Waals surface area contributed by atoms with E-state index in [1.165, 1.54) is 21.8 Å². The van der Waals surface area contributed by atoms with Gasteiger partial charge in [-0.05, 0) is 94.0 Å². The van der Waals surface area contributed by atoms with Gasteiger partial charge in [0, 0.05) is 35.0 Å². The fraction of sp³-hybridized carbons (Fsp3) is 0.486. The van der Waals surface area contributed by atoms with Gasteiger partial charge in [0.2, 0.25) is 11.7 Å². The molecular formula is C35H49N5O7S2. The topological polar surface area (TPSA) is 161 Å². The summed E-state index contributed by atoms with van der Waals surface area (Å²) in [4.78, 5) is 35.0. The molecule has 14 heteroatoms. The number of rotatable bonds is 17. The van der Waals surface area contributed by atoms with Crippen LogP contribution < -0.4 is 10.1 Å². The van der Waals surface area contributed by atoms with Crippen LogP contribution in [-0.2, 0) is 17.9 Å². The predicted molar refractivity (Wildman–Crippen MR) is 193 cm³/mol. The maximum absolute atomic E-state index is 11.1. The van der Waals surface area contributed by atoms with E-state index in [1.54, 1.807) is 23.5 Å². The number of aromatic carboxylic acids is 1. The van der Waals surface area contributed by atoms with E-state index in [0.717, 1.165) is 65.7 Å². The van der Waals surface area contributed by atoms with Gasteiger partial charge in [-0.1, -0.05) is 32.9 Å². The Labute approximate surface area is 296 Å². The largest absolute Gasteiger partial charge is 0.491 e. The SMILES string of the molecule is CCN(CC)Cc1sc(-c2nc(-c3ccc(OCC(O)CNC(=O)CO)cc3C)no2)cc1C.CCN(CC)Cc1sc(C(=O)O)cc1C. The van der Waals surface area contributed by atoms with Gasteiger partial charge in [-0.15, -0.1) is 22.7 Å². The Morgan fingerprint density at radius 3 is 2.08 bits per heavy atom. The number of nitrogens with zero attached hydrogens (tertiary/aromatic N) is 4. The van der Waals surface area contributed by atoms with Gasteiger partial charge < -0.3 is 29.9 Å². The van der Waals surface area contributed by atoms with E-state index < -0.39 is 24.6 Å². The van der Waals surface area contributed by atoms with E-state index in [2.05, 4.69) is 65.9 Å². The molecular weight excluding hydrogens is 667 g/mol. The molecule has 12 nitrogen and oxygen atoms in total. The van der Waals surface area contributed by atoms with Gasteiger partial charge in [-0.3, -0.25) is 14.6 Å². The molecule has 1 unspecified atom stereocenters. The molecule has 4 N–H and O–H groups in total. The molecule has 268 valence electrons. The number of benzene rings is 1. The van der Waals surface area contributed by atoms with Crippen LogP contribution in [0.2, 0.25) is 0 Å². The Balaban J connectivity index is 0.000000362. The molecule has 0 radical (unpaired) electrons. The summed E-state index contributed by atoms with van der Waals surface area (Å²) in [6, 6.07) is 9.31. The van der Waals surface area contributed by atoms with Crippen molar-refractivity contribution in [1.29, 1.82) is 0 Å². The molecule has 4 rings (SSSR count). The molecule has 3 aromatic heterocycles. The lowest BCUT2D eigenvalue weighted by Gasteiger charge is -2.17. The molecule has 0 saturated heterocycles. The zero-order valence-corrected chi connectivity index (χ0v) is 31.0. The predicted octanol–water partition coefficient (Wildman–Crippen LogP) is 5.37. The van der Waals surface area contributed by atoms with Crippen LogP contribution in [0.25, 0.3) is 22.2 Å². The number of carbonyl (C=O) groups is 2. The first-order valence-corrected chi connectivity index (χ1v) is 18.1. The minimum atomic E-state index is -0.892. The van der Waals surface area contributed by atoms with Crippen molar-refractivity contribution in [2.45, 2.75) is 67.7 Å². The van der Waals surface area contributed by atoms with Gasteiger partial charge in [0.15, 0.2) is 0 Å². The quantitative estimate of drug-likeness (QED) is 0.111. The zero-order valence-electron chi connectivity index (χ0n) is 29.4. The van der Waals surface area contributed by atoms with Gasteiger partial charge in [0.1, 0.15) is 29.9 Å². The third-order valence-electron chi connectivity index (χ3n) is 7.97. The number of hydrogen-bond acceptors (Lipinski definition) is 12. The van der Waals surface area contributed by atoms with Crippen LogP contribution in [0.5, 0.6) is 5.75 Å². The lowest BCUT2D eigenvalue weighted by molar-refractivity contribution is -0.124. The van der Waals surface area contributed by atoms with Crippen molar-refractivity contribution < 1.29 is 34.2 Å². The number of amides is 1. The van der Waals surface area contributed by atoms with Gasteiger partial charge in [-0.2, -0.15) is 4.98 Å². The molecule has 0 fully saturated rings. The Kier molecular flexibility index (Phi) is 15.8. The number of aryl methyl sites for hydroxylation is 3. The number of carboxylic acids is 1. The van der Waals surface area contributed by atoms with Crippen LogP contribution in [0.3, 0.4) is 0 Å². The summed E-state index contributed by atoms with van der Waals surface area (Å²) >= 11 is 3.07. The molecule has 0 spiro atoms. The Morgan fingerprint density at radius 1 is 0.918 bits per heavy atom. The summed E-state index contributed by atoms with van der Waals surface area (Å²) in [6.07, 6.45) is -0.892. The fourth-order valence-electron chi connectivity index (χ4n) is 4.81. The minimum Gasteiger partial charge on any atom is -0.491 e. The molecule has 1 amide bonds. The summed E-state index contributed by atoms with van der Waals surface area (Å²) in [5.74, 6) is 0.210. The lowest BCUT2D eigenvalue weighted by Crippen LogP contribution is -2.36. The number of ether oxygens (including phenoxy) is 1. The standard InChI is InChI=1S/C24H32N4O5S.C11H17NO2S/c1-5-28(6-2)12-21-16(4)10-20(34-21)24-26-23(27-33-24)19-8-7-18(9-15(19)3)32-14-17(30)11-25-22(31)13-29;1-4-12(5-2)7-10-8(3)6-9(15-10)11(13)14/h7-10,17,29-30H,5-6,11-14H2,1-4H3,(H,25,31);6H,4-5,7H2,1-3H3,(H,13,14). The third-order valence-corrected chi connectivity index (χ3v) is 10.4. The average Bonchev–Trinajstić information content (AvgIpc) is 3.82. The third kappa shape index (κ3) is 11.7. The number of aliphatic hydroxyl groups is 2. The second-order valence-corrected chi connectivity index (χ2v) is 13.8. The van der Waals surface area contributed by atoms with E-state index in [-0.39, 0.29) is 13.2 Å². The van der Waals surface area contributed by atoms with Gasteiger partial charge in [0.05, 0.1) is 4.88 Å². The maximum Gasteiger partial charge on any atom is 0.345 e. The molecule has 0 saturated carbocycles. The maximum atomic E-state index is 11.1. The summed E-state index contributed by atoms with van der Waals surface area (Å²) in [6.45, 7) is 19.7. The van der Waals surface area contributed by atoms with Crippen molar-refractivity contribution in [2.75, 3.05) is 45.9 Å². The smallest absolute Gasteiger partial charge is 0.345 e. The van der Waals surface area contributed by atoms with Crippen molar-refractivity contribution in [3.8, 4) is 27.9 Å². The highest BCUT2D eigenvalue weighted by atomic mass is 32.1. The summed E-state index contributed by atoms with van der Waals surface area (Å²) in [5.41, 5.74) is 4.04. The number of hydrogen-bond donors (Lipinski definition) is 4. The molecule has 0 aliphatic heterocycles. The summed E-state index contributed by atoms with van der Waals surface area (Å²) in [7, 11) is 0. The van der Waals surface area contributed by atoms with Crippen molar-refractivity contribution in [3.05, 3.63) is 61.7 Å². The highest BCUT2D eigenvalue weighted by Crippen LogP contribution is 2.33. The molecule has 0 aliphatic rings. The average molecular weight is 716 g/mol. The van der Waals surface area contributed by atoms with E-state index >= 15 is 0 Å². The second-order valence-electron chi connectivity index (χ2n) is 11.5. The molecule has 1 atom stereocenters. The molecule has 4 aromatic rings. The van der Waals surface area contributed by atoms with E-state index in [9.17, 15) is 14.7 Å². The number of nitrogens with one attached hydrogen (secondary N) is 1. The minimum absolute atomic E-state index is 0.000917. The van der Waals surface area contributed by atoms with Gasteiger partial charge in [-0.25, -0.2) is 4.79 Å². The Morgan fingerprint density at radius 2 is 1.53 bits per heavy atom. The first-order chi connectivity index (χ1) is 23.4. The number of carboxylic acid groups (broad SMARTS) is 1. The van der Waals surface area contributed by atoms with Crippen LogP contribution in [0.15, 0.2) is 34.9 Å². The number of aliphatic hydroxyl groups excluding tert-OH is 2. The molecule has 3 heterocycles. The summed E-state index contributed by atoms with van der Waals surface area (Å²) in [5, 5.41) is 34.0. The van der Waals surface area contributed by atoms with Crippen LogP contribution in [-0.4, -0.2) is 99.2 Å². The van der Waals surface area contributed by atoms with E-state index in [0.29, 0.717) is 22.3 Å². The van der Waals surface area contributed by atoms with Gasteiger partial charge in [0.25, 0.3) is 5.89 Å². The van der Waals surface area contributed by atoms with Crippen molar-refractivity contribution in [2.24, 2.45) is 0 Å². The number of carbonyl (C=O) groups excluding carboxylic acids is 1. The van der Waals surface area contributed by atoms with Crippen molar-refractivity contribution in [3.63, 3.8) is 0 Å². The van der Waals surface area contributed by atoms with Crippen LogP contribution in [0.4, 0.5) is 0 Å². The molecule has 1 aromatic carbocycles. The van der Waals surface area contributed by atoms with E-state index in [4.69, 9.17) is 19.5 Å². The molecule has 49 heavy (non-hydrogen) atoms. The fourth-order valence-corrected chi connectivity index (χ4v) is 7.01. The highest BCUT2D eigenvalue weighted by molar-refractivity contribution is 7.15. The van der Waals surface area contributed by atoms with Crippen molar-refractivity contribution >= 4 is 34.6 Å². The normalized spacial score (nSPS) is 11.8. The van der Waals surface area contributed by atoms with Crippen LogP contribution >= 0.6 is 22.7 Å². The van der Waals surface area contributed by atoms with E-state index in [1.807, 2.05) is 26.0 Å². The van der Waals surface area contributed by atoms with Crippen LogP contribution in [0.1, 0.15) is 63.8 Å². The Bertz CT molecular complexity index is 1640. The number of aromatic nitrogens is 2. The van der Waals surface area contributed by atoms with Gasteiger partial charge >= 0.3 is 5.97 Å². The first kappa shape index (κ1) is 39.8.